The van der Waals surface area contributed by atoms with Crippen molar-refractivity contribution >= 4 is 51.3 Å². The van der Waals surface area contributed by atoms with Gasteiger partial charge in [-0.1, -0.05) is 18.2 Å². The van der Waals surface area contributed by atoms with E-state index in [-0.39, 0.29) is 10.8 Å². The van der Waals surface area contributed by atoms with Crippen LogP contribution in [0.2, 0.25) is 0 Å². The Bertz CT molecular complexity index is 659. The van der Waals surface area contributed by atoms with Crippen LogP contribution in [0.1, 0.15) is 5.56 Å². The number of thiocarbonyl (C=S) groups is 1. The van der Waals surface area contributed by atoms with E-state index >= 15 is 0 Å². The monoisotopic (exact) mass is 422 g/mol. The lowest BCUT2D eigenvalue weighted by Gasteiger charge is -2.13. The lowest BCUT2D eigenvalue weighted by Crippen LogP contribution is -2.20. The summed E-state index contributed by atoms with van der Waals surface area (Å²) in [5.41, 5.74) is 0.362. The van der Waals surface area contributed by atoms with E-state index in [1.54, 1.807) is 0 Å². The summed E-state index contributed by atoms with van der Waals surface area (Å²) < 4.78 is 38.8. The summed E-state index contributed by atoms with van der Waals surface area (Å²) in [5, 5.41) is 5.93. The van der Waals surface area contributed by atoms with Crippen LogP contribution in [0.3, 0.4) is 0 Å². The molecule has 0 aromatic heterocycles. The minimum Gasteiger partial charge on any atom is -0.332 e. The van der Waals surface area contributed by atoms with Gasteiger partial charge in [-0.25, -0.2) is 0 Å². The van der Waals surface area contributed by atoms with Crippen LogP contribution in [0, 0.1) is 3.57 Å². The van der Waals surface area contributed by atoms with E-state index < -0.39 is 11.7 Å². The molecule has 0 fully saturated rings. The maximum Gasteiger partial charge on any atom is 0.416 e. The third kappa shape index (κ3) is 4.57. The molecule has 2 nitrogen and oxygen atoms in total. The van der Waals surface area contributed by atoms with Crippen molar-refractivity contribution in [2.45, 2.75) is 6.18 Å². The molecular weight excluding hydrogens is 412 g/mol. The van der Waals surface area contributed by atoms with Gasteiger partial charge < -0.3 is 10.6 Å². The summed E-state index contributed by atoms with van der Waals surface area (Å²) in [6.07, 6.45) is -4.37. The molecule has 2 N–H and O–H groups in total. The van der Waals surface area contributed by atoms with Gasteiger partial charge in [-0.15, -0.1) is 0 Å². The van der Waals surface area contributed by atoms with Crippen molar-refractivity contribution in [2.24, 2.45) is 0 Å². The van der Waals surface area contributed by atoms with Crippen LogP contribution in [0.4, 0.5) is 24.5 Å². The van der Waals surface area contributed by atoms with Gasteiger partial charge in [0.2, 0.25) is 0 Å². The first-order chi connectivity index (χ1) is 9.86. The third-order valence-electron chi connectivity index (χ3n) is 2.57. The molecule has 0 saturated heterocycles. The number of hydrogen-bond acceptors (Lipinski definition) is 1. The molecule has 0 bridgehead atoms. The van der Waals surface area contributed by atoms with E-state index in [2.05, 4.69) is 33.2 Å². The van der Waals surface area contributed by atoms with Crippen molar-refractivity contribution < 1.29 is 13.2 Å². The van der Waals surface area contributed by atoms with E-state index in [1.807, 2.05) is 24.3 Å². The highest BCUT2D eigenvalue weighted by Gasteiger charge is 2.30. The van der Waals surface area contributed by atoms with E-state index in [1.165, 1.54) is 12.1 Å². The number of rotatable bonds is 2. The van der Waals surface area contributed by atoms with Crippen molar-refractivity contribution in [3.8, 4) is 0 Å². The summed E-state index contributed by atoms with van der Waals surface area (Å²) in [6, 6.07) is 12.4. The smallest absolute Gasteiger partial charge is 0.332 e. The van der Waals surface area contributed by atoms with Gasteiger partial charge in [0, 0.05) is 9.26 Å². The molecule has 2 aromatic rings. The van der Waals surface area contributed by atoms with Gasteiger partial charge in [-0.05, 0) is 65.1 Å². The van der Waals surface area contributed by atoms with Crippen molar-refractivity contribution in [1.29, 1.82) is 0 Å². The Kier molecular flexibility index (Phi) is 5.04. The number of benzene rings is 2. The molecule has 110 valence electrons. The van der Waals surface area contributed by atoms with Crippen LogP contribution in [-0.4, -0.2) is 5.11 Å². The van der Waals surface area contributed by atoms with Gasteiger partial charge in [0.15, 0.2) is 5.11 Å². The fraction of sp³-hybridized carbons (Fsp3) is 0.0714. The van der Waals surface area contributed by atoms with Gasteiger partial charge >= 0.3 is 6.18 Å². The molecule has 0 radical (unpaired) electrons. The highest BCUT2D eigenvalue weighted by Crippen LogP contribution is 2.30. The van der Waals surface area contributed by atoms with Crippen molar-refractivity contribution in [3.63, 3.8) is 0 Å². The fourth-order valence-electron chi connectivity index (χ4n) is 1.62. The van der Waals surface area contributed by atoms with Crippen LogP contribution in [0.15, 0.2) is 48.5 Å². The van der Waals surface area contributed by atoms with Crippen LogP contribution in [-0.2, 0) is 6.18 Å². The maximum absolute atomic E-state index is 12.6. The third-order valence-corrected chi connectivity index (χ3v) is 3.71. The second kappa shape index (κ2) is 6.61. The topological polar surface area (TPSA) is 24.1 Å². The molecular formula is C14H10F3IN2S. The predicted molar refractivity (Wildman–Crippen MR) is 90.4 cm³/mol. The van der Waals surface area contributed by atoms with Gasteiger partial charge in [0.05, 0.1) is 11.3 Å². The molecule has 0 unspecified atom stereocenters. The highest BCUT2D eigenvalue weighted by atomic mass is 127. The molecule has 0 aliphatic rings. The second-order valence-corrected chi connectivity index (χ2v) is 5.71. The summed E-state index contributed by atoms with van der Waals surface area (Å²) in [5.74, 6) is 0. The first-order valence-electron chi connectivity index (χ1n) is 5.86. The summed E-state index contributed by atoms with van der Waals surface area (Å²) in [6.45, 7) is 0. The van der Waals surface area contributed by atoms with Crippen molar-refractivity contribution in [3.05, 3.63) is 57.7 Å². The van der Waals surface area contributed by atoms with Gasteiger partial charge in [-0.3, -0.25) is 0 Å². The molecule has 0 aliphatic carbocycles. The standard InChI is InChI=1S/C14H10F3IN2S/c15-14(16,17)9-4-3-5-10(8-9)19-13(21)20-12-7-2-1-6-11(12)18/h1-8H,(H2,19,20,21). The zero-order valence-electron chi connectivity index (χ0n) is 10.5. The van der Waals surface area contributed by atoms with Crippen molar-refractivity contribution in [2.75, 3.05) is 10.6 Å². The Labute approximate surface area is 138 Å². The quantitative estimate of drug-likeness (QED) is 0.519. The van der Waals surface area contributed by atoms with Crippen LogP contribution < -0.4 is 10.6 Å². The Balaban J connectivity index is 2.08. The Morgan fingerprint density at radius 3 is 2.38 bits per heavy atom. The molecule has 0 spiro atoms. The van der Waals surface area contributed by atoms with Gasteiger partial charge in [0.25, 0.3) is 0 Å². The van der Waals surface area contributed by atoms with E-state index in [0.29, 0.717) is 0 Å². The number of halogens is 4. The van der Waals surface area contributed by atoms with Gasteiger partial charge in [0.1, 0.15) is 0 Å². The Morgan fingerprint density at radius 1 is 1.00 bits per heavy atom. The fourth-order valence-corrected chi connectivity index (χ4v) is 2.37. The molecule has 0 atom stereocenters. The van der Waals surface area contributed by atoms with Crippen molar-refractivity contribution in [1.82, 2.24) is 0 Å². The summed E-state index contributed by atoms with van der Waals surface area (Å²) >= 11 is 7.25. The molecule has 21 heavy (non-hydrogen) atoms. The number of para-hydroxylation sites is 1. The highest BCUT2D eigenvalue weighted by molar-refractivity contribution is 14.1. The largest absolute Gasteiger partial charge is 0.416 e. The normalized spacial score (nSPS) is 11.0. The first kappa shape index (κ1) is 16.0. The molecule has 2 rings (SSSR count). The van der Waals surface area contributed by atoms with Crippen LogP contribution in [0.25, 0.3) is 0 Å². The maximum atomic E-state index is 12.6. The number of alkyl halides is 3. The molecule has 2 aromatic carbocycles. The number of nitrogens with one attached hydrogen (secondary N) is 2. The van der Waals surface area contributed by atoms with E-state index in [0.717, 1.165) is 21.4 Å². The molecule has 0 aliphatic heterocycles. The minimum absolute atomic E-state index is 0.235. The van der Waals surface area contributed by atoms with Crippen LogP contribution >= 0.6 is 34.8 Å². The minimum atomic E-state index is -4.37. The molecule has 0 heterocycles. The summed E-state index contributed by atoms with van der Waals surface area (Å²) in [7, 11) is 0. The zero-order chi connectivity index (χ0) is 15.5. The Hall–Kier alpha value is -1.35. The van der Waals surface area contributed by atoms with E-state index in [4.69, 9.17) is 12.2 Å². The summed E-state index contributed by atoms with van der Waals surface area (Å²) in [4.78, 5) is 0. The van der Waals surface area contributed by atoms with Crippen LogP contribution in [0.5, 0.6) is 0 Å². The molecule has 0 saturated carbocycles. The Morgan fingerprint density at radius 2 is 1.71 bits per heavy atom. The average molecular weight is 422 g/mol. The number of anilines is 2. The lowest BCUT2D eigenvalue weighted by molar-refractivity contribution is -0.137. The zero-order valence-corrected chi connectivity index (χ0v) is 13.5. The average Bonchev–Trinajstić information content (AvgIpc) is 2.41. The number of hydrogen-bond donors (Lipinski definition) is 2. The SMILES string of the molecule is FC(F)(F)c1cccc(NC(=S)Nc2ccccc2I)c1. The second-order valence-electron chi connectivity index (χ2n) is 4.14. The predicted octanol–water partition coefficient (Wildman–Crippen LogP) is 5.12. The first-order valence-corrected chi connectivity index (χ1v) is 7.35. The lowest BCUT2D eigenvalue weighted by atomic mass is 10.2. The van der Waals surface area contributed by atoms with Gasteiger partial charge in [-0.2, -0.15) is 13.2 Å². The molecule has 7 heteroatoms. The molecule has 0 amide bonds. The van der Waals surface area contributed by atoms with E-state index in [9.17, 15) is 13.2 Å².